The molecule has 1 saturated heterocycles. The van der Waals surface area contributed by atoms with Crippen molar-refractivity contribution in [1.29, 1.82) is 0 Å². The maximum absolute atomic E-state index is 12.5. The molecule has 1 aromatic heterocycles. The Bertz CT molecular complexity index is 446. The van der Waals surface area contributed by atoms with Gasteiger partial charge in [0.25, 0.3) is 0 Å². The Morgan fingerprint density at radius 2 is 2.16 bits per heavy atom. The molecule has 1 aromatic rings. The van der Waals surface area contributed by atoms with Crippen LogP contribution >= 0.6 is 0 Å². The van der Waals surface area contributed by atoms with Crippen LogP contribution in [0.3, 0.4) is 0 Å². The van der Waals surface area contributed by atoms with E-state index in [1.54, 1.807) is 11.0 Å². The van der Waals surface area contributed by atoms with Crippen LogP contribution in [0.2, 0.25) is 0 Å². The van der Waals surface area contributed by atoms with E-state index in [1.807, 2.05) is 11.8 Å². The van der Waals surface area contributed by atoms with Crippen LogP contribution in [-0.4, -0.2) is 44.7 Å². The van der Waals surface area contributed by atoms with Gasteiger partial charge in [0.2, 0.25) is 5.91 Å². The van der Waals surface area contributed by atoms with Crippen LogP contribution in [0.4, 0.5) is 0 Å². The lowest BCUT2D eigenvalue weighted by Crippen LogP contribution is -2.35. The smallest absolute Gasteiger partial charge is 0.247 e. The van der Waals surface area contributed by atoms with Gasteiger partial charge in [-0.2, -0.15) is 5.10 Å². The van der Waals surface area contributed by atoms with Crippen molar-refractivity contribution in [3.63, 3.8) is 0 Å². The van der Waals surface area contributed by atoms with Gasteiger partial charge in [-0.3, -0.25) is 4.79 Å². The van der Waals surface area contributed by atoms with Gasteiger partial charge in [0.1, 0.15) is 18.7 Å². The van der Waals surface area contributed by atoms with Gasteiger partial charge in [0.15, 0.2) is 0 Å². The first-order valence-corrected chi connectivity index (χ1v) is 7.03. The van der Waals surface area contributed by atoms with E-state index in [0.717, 1.165) is 32.4 Å². The van der Waals surface area contributed by atoms with E-state index in [9.17, 15) is 4.79 Å². The Morgan fingerprint density at radius 3 is 2.89 bits per heavy atom. The van der Waals surface area contributed by atoms with E-state index in [2.05, 4.69) is 10.1 Å². The molecule has 1 aliphatic heterocycles. The van der Waals surface area contributed by atoms with E-state index in [1.165, 1.54) is 6.33 Å². The second-order valence-corrected chi connectivity index (χ2v) is 5.89. The molecule has 2 N–H and O–H groups in total. The van der Waals surface area contributed by atoms with E-state index in [4.69, 9.17) is 5.73 Å². The number of carbonyl (C=O) groups is 1. The van der Waals surface area contributed by atoms with Crippen LogP contribution in [0.25, 0.3) is 0 Å². The van der Waals surface area contributed by atoms with Crippen LogP contribution in [0.15, 0.2) is 12.7 Å². The molecular formula is C13H21N5O. The van der Waals surface area contributed by atoms with Crippen LogP contribution < -0.4 is 5.73 Å². The maximum atomic E-state index is 12.5. The Balaban J connectivity index is 1.66. The molecule has 6 nitrogen and oxygen atoms in total. The number of aromatic nitrogens is 3. The van der Waals surface area contributed by atoms with Crippen molar-refractivity contribution in [3.8, 4) is 0 Å². The lowest BCUT2D eigenvalue weighted by molar-refractivity contribution is -0.133. The van der Waals surface area contributed by atoms with Crippen molar-refractivity contribution < 1.29 is 4.79 Å². The summed E-state index contributed by atoms with van der Waals surface area (Å²) in [6.07, 6.45) is 6.38. The quantitative estimate of drug-likeness (QED) is 0.839. The number of fused-ring (bicyclic) bond motifs is 1. The molecule has 2 heterocycles. The van der Waals surface area contributed by atoms with Gasteiger partial charge in [-0.1, -0.05) is 0 Å². The molecule has 2 fully saturated rings. The molecule has 104 valence electrons. The minimum Gasteiger partial charge on any atom is -0.340 e. The Hall–Kier alpha value is -1.43. The monoisotopic (exact) mass is 263 g/mol. The summed E-state index contributed by atoms with van der Waals surface area (Å²) < 4.78 is 1.62. The summed E-state index contributed by atoms with van der Waals surface area (Å²) >= 11 is 0. The predicted octanol–water partition coefficient (Wildman–Crippen LogP) is 0.425. The van der Waals surface area contributed by atoms with Crippen LogP contribution in [-0.2, 0) is 4.79 Å². The summed E-state index contributed by atoms with van der Waals surface area (Å²) in [6.45, 7) is 3.62. The van der Waals surface area contributed by atoms with Crippen LogP contribution in [0.1, 0.15) is 32.2 Å². The minimum absolute atomic E-state index is 0.147. The van der Waals surface area contributed by atoms with Crippen molar-refractivity contribution in [2.24, 2.45) is 17.6 Å². The van der Waals surface area contributed by atoms with Crippen molar-refractivity contribution >= 4 is 5.91 Å². The van der Waals surface area contributed by atoms with E-state index < -0.39 is 0 Å². The second kappa shape index (κ2) is 4.92. The van der Waals surface area contributed by atoms with Crippen molar-refractivity contribution in [1.82, 2.24) is 19.7 Å². The molecule has 2 aliphatic rings. The lowest BCUT2D eigenvalue weighted by atomic mass is 9.79. The molecule has 1 amide bonds. The van der Waals surface area contributed by atoms with Gasteiger partial charge >= 0.3 is 0 Å². The largest absolute Gasteiger partial charge is 0.340 e. The second-order valence-electron chi connectivity index (χ2n) is 5.89. The average molecular weight is 263 g/mol. The third kappa shape index (κ3) is 2.36. The molecular weight excluding hydrogens is 242 g/mol. The van der Waals surface area contributed by atoms with Crippen LogP contribution in [0, 0.1) is 11.8 Å². The van der Waals surface area contributed by atoms with Crippen molar-refractivity contribution in [3.05, 3.63) is 12.7 Å². The number of rotatable bonds is 2. The molecule has 0 aromatic carbocycles. The van der Waals surface area contributed by atoms with Gasteiger partial charge in [0, 0.05) is 19.1 Å². The molecule has 19 heavy (non-hydrogen) atoms. The molecule has 0 bridgehead atoms. The molecule has 4 atom stereocenters. The third-order valence-corrected chi connectivity index (χ3v) is 4.59. The average Bonchev–Trinajstić information content (AvgIpc) is 3.05. The predicted molar refractivity (Wildman–Crippen MR) is 70.1 cm³/mol. The van der Waals surface area contributed by atoms with Gasteiger partial charge in [-0.15, -0.1) is 0 Å². The number of nitrogens with two attached hydrogens (primary N) is 1. The van der Waals surface area contributed by atoms with E-state index in [0.29, 0.717) is 17.9 Å². The summed E-state index contributed by atoms with van der Waals surface area (Å²) in [6, 6.07) is 0.0559. The number of hydrogen-bond donors (Lipinski definition) is 1. The summed E-state index contributed by atoms with van der Waals surface area (Å²) in [5, 5.41) is 4.05. The normalized spacial score (nSPS) is 32.1. The fourth-order valence-electron chi connectivity index (χ4n) is 3.44. The Morgan fingerprint density at radius 1 is 1.37 bits per heavy atom. The standard InChI is InChI=1S/C13H21N5O/c1-9(18-8-15-7-16-18)13(19)17-5-10-2-3-12(14)4-11(10)6-17/h7-12H,2-6,14H2,1H3/t9?,10-,11+,12?/m1/s1. The number of nitrogens with zero attached hydrogens (tertiary/aromatic N) is 4. The van der Waals surface area contributed by atoms with Gasteiger partial charge in [0.05, 0.1) is 0 Å². The van der Waals surface area contributed by atoms with Crippen molar-refractivity contribution in [2.45, 2.75) is 38.3 Å². The zero-order valence-corrected chi connectivity index (χ0v) is 11.3. The number of carbonyl (C=O) groups excluding carboxylic acids is 1. The summed E-state index contributed by atoms with van der Waals surface area (Å²) in [5.74, 6) is 1.39. The molecule has 3 rings (SSSR count). The maximum Gasteiger partial charge on any atom is 0.247 e. The molecule has 0 spiro atoms. The molecule has 0 radical (unpaired) electrons. The molecule has 2 unspecified atom stereocenters. The number of hydrogen-bond acceptors (Lipinski definition) is 4. The summed E-state index contributed by atoms with van der Waals surface area (Å²) in [7, 11) is 0. The van der Waals surface area contributed by atoms with E-state index in [-0.39, 0.29) is 11.9 Å². The highest BCUT2D eigenvalue weighted by Crippen LogP contribution is 2.36. The van der Waals surface area contributed by atoms with E-state index >= 15 is 0 Å². The Labute approximate surface area is 113 Å². The van der Waals surface area contributed by atoms with Crippen LogP contribution in [0.5, 0.6) is 0 Å². The Kier molecular flexibility index (Phi) is 3.26. The first kappa shape index (κ1) is 12.6. The zero-order chi connectivity index (χ0) is 13.4. The first-order valence-electron chi connectivity index (χ1n) is 7.03. The lowest BCUT2D eigenvalue weighted by Gasteiger charge is -2.27. The molecule has 6 heteroatoms. The molecule has 1 saturated carbocycles. The van der Waals surface area contributed by atoms with Gasteiger partial charge in [-0.05, 0) is 38.0 Å². The highest BCUT2D eigenvalue weighted by Gasteiger charge is 2.39. The summed E-state index contributed by atoms with van der Waals surface area (Å²) in [5.41, 5.74) is 6.02. The number of amides is 1. The number of likely N-dealkylation sites (tertiary alicyclic amines) is 1. The zero-order valence-electron chi connectivity index (χ0n) is 11.3. The molecule has 1 aliphatic carbocycles. The first-order chi connectivity index (χ1) is 9.15. The summed E-state index contributed by atoms with van der Waals surface area (Å²) in [4.78, 5) is 18.4. The highest BCUT2D eigenvalue weighted by atomic mass is 16.2. The SMILES string of the molecule is CC(C(=O)N1C[C@H]2CCC(N)C[C@H]2C1)n1cncn1. The highest BCUT2D eigenvalue weighted by molar-refractivity contribution is 5.80. The minimum atomic E-state index is -0.267. The van der Waals surface area contributed by atoms with Crippen molar-refractivity contribution in [2.75, 3.05) is 13.1 Å². The van der Waals surface area contributed by atoms with Gasteiger partial charge in [-0.25, -0.2) is 9.67 Å². The third-order valence-electron chi connectivity index (χ3n) is 4.59. The topological polar surface area (TPSA) is 77.0 Å². The fraction of sp³-hybridized carbons (Fsp3) is 0.769. The fourth-order valence-corrected chi connectivity index (χ4v) is 3.44. The van der Waals surface area contributed by atoms with Gasteiger partial charge < -0.3 is 10.6 Å².